The maximum absolute atomic E-state index is 12.8. The van der Waals surface area contributed by atoms with E-state index < -0.39 is 5.92 Å². The molecule has 4 nitrogen and oxygen atoms in total. The Hall–Kier alpha value is -1.62. The van der Waals surface area contributed by atoms with Crippen LogP contribution < -0.4 is 10.0 Å². The standard InChI is InChI=1S/C18H18N2O2.Na/c1-2-9-16-17(21)19(14-10-5-3-6-11-14)20(18(16)22)15-12-7-4-8-13-15;/h3-8,10-13,16H,2,9H2,1H3;. The fraction of sp³-hybridized carbons (Fsp3) is 0.222. The molecule has 3 rings (SSSR count). The normalized spacial score (nSPS) is 15.0. The molecule has 1 heterocycles. The first kappa shape index (κ1) is 17.7. The molecule has 0 aliphatic carbocycles. The Morgan fingerprint density at radius 3 is 1.52 bits per heavy atom. The van der Waals surface area contributed by atoms with Gasteiger partial charge in [0.05, 0.1) is 11.4 Å². The van der Waals surface area contributed by atoms with E-state index in [1.165, 1.54) is 10.0 Å². The third-order valence-electron chi connectivity index (χ3n) is 3.79. The number of carbonyl (C=O) groups excluding carboxylic acids is 2. The molecule has 0 atom stereocenters. The maximum atomic E-state index is 12.8. The van der Waals surface area contributed by atoms with Crippen molar-refractivity contribution >= 4 is 52.7 Å². The van der Waals surface area contributed by atoms with E-state index in [1.807, 2.05) is 67.6 Å². The Morgan fingerprint density at radius 2 is 1.17 bits per heavy atom. The van der Waals surface area contributed by atoms with Crippen LogP contribution in [0.15, 0.2) is 60.7 Å². The van der Waals surface area contributed by atoms with Crippen LogP contribution in [-0.4, -0.2) is 41.4 Å². The van der Waals surface area contributed by atoms with Crippen LogP contribution in [0.3, 0.4) is 0 Å². The predicted octanol–water partition coefficient (Wildman–Crippen LogP) is 3.02. The molecule has 2 aromatic rings. The molecule has 0 aromatic heterocycles. The van der Waals surface area contributed by atoms with E-state index in [-0.39, 0.29) is 41.4 Å². The van der Waals surface area contributed by atoms with E-state index in [0.717, 1.165) is 6.42 Å². The first-order valence-electron chi connectivity index (χ1n) is 7.52. The monoisotopic (exact) mass is 317 g/mol. The molecule has 2 aromatic carbocycles. The Bertz CT molecular complexity index is 618. The zero-order chi connectivity index (χ0) is 15.5. The van der Waals surface area contributed by atoms with Gasteiger partial charge in [0.1, 0.15) is 5.92 Å². The Balaban J connectivity index is 0.00000192. The summed E-state index contributed by atoms with van der Waals surface area (Å²) in [6, 6.07) is 18.6. The smallest absolute Gasteiger partial charge is 0.258 e. The van der Waals surface area contributed by atoms with Crippen LogP contribution in [0.5, 0.6) is 0 Å². The van der Waals surface area contributed by atoms with Crippen molar-refractivity contribution in [1.82, 2.24) is 0 Å². The predicted molar refractivity (Wildman–Crippen MR) is 92.0 cm³/mol. The molecule has 1 aliphatic heterocycles. The summed E-state index contributed by atoms with van der Waals surface area (Å²) in [4.78, 5) is 25.5. The first-order valence-corrected chi connectivity index (χ1v) is 7.52. The van der Waals surface area contributed by atoms with Gasteiger partial charge in [0.25, 0.3) is 11.8 Å². The molecule has 1 fully saturated rings. The number of hydrogen-bond acceptors (Lipinski definition) is 2. The van der Waals surface area contributed by atoms with Crippen LogP contribution in [0.2, 0.25) is 0 Å². The van der Waals surface area contributed by atoms with Crippen LogP contribution >= 0.6 is 0 Å². The number of hydrogen-bond donors (Lipinski definition) is 0. The molecule has 5 heteroatoms. The van der Waals surface area contributed by atoms with Gasteiger partial charge >= 0.3 is 0 Å². The minimum absolute atomic E-state index is 0. The fourth-order valence-corrected chi connectivity index (χ4v) is 2.76. The Kier molecular flexibility index (Phi) is 5.99. The summed E-state index contributed by atoms with van der Waals surface area (Å²) in [6.45, 7) is 1.98. The molecule has 0 N–H and O–H groups in total. The van der Waals surface area contributed by atoms with Crippen LogP contribution in [0, 0.1) is 5.92 Å². The van der Waals surface area contributed by atoms with Gasteiger partial charge < -0.3 is 0 Å². The second kappa shape index (κ2) is 7.77. The number of nitrogens with zero attached hydrogens (tertiary/aromatic N) is 2. The van der Waals surface area contributed by atoms with E-state index >= 15 is 0 Å². The van der Waals surface area contributed by atoms with E-state index in [9.17, 15) is 9.59 Å². The molecular weight excluding hydrogens is 299 g/mol. The average Bonchev–Trinajstić information content (AvgIpc) is 2.81. The number of hydrazine groups is 1. The number of rotatable bonds is 4. The number of carbonyl (C=O) groups is 2. The van der Waals surface area contributed by atoms with Crippen LogP contribution in [0.4, 0.5) is 11.4 Å². The third kappa shape index (κ3) is 3.34. The van der Waals surface area contributed by atoms with Crippen LogP contribution in [0.1, 0.15) is 19.8 Å². The summed E-state index contributed by atoms with van der Waals surface area (Å²) < 4.78 is 0. The number of para-hydroxylation sites is 2. The molecule has 1 saturated heterocycles. The number of anilines is 2. The van der Waals surface area contributed by atoms with Crippen molar-refractivity contribution in [2.45, 2.75) is 19.8 Å². The van der Waals surface area contributed by atoms with Crippen molar-refractivity contribution in [3.8, 4) is 0 Å². The summed E-state index contributed by atoms with van der Waals surface area (Å²) in [5.41, 5.74) is 1.42. The average molecular weight is 317 g/mol. The minimum atomic E-state index is -0.592. The molecule has 0 unspecified atom stereocenters. The molecule has 2 amide bonds. The summed E-state index contributed by atoms with van der Waals surface area (Å²) >= 11 is 0. The van der Waals surface area contributed by atoms with Gasteiger partial charge in [-0.2, -0.15) is 0 Å². The maximum Gasteiger partial charge on any atom is 0.258 e. The summed E-state index contributed by atoms with van der Waals surface area (Å²) in [5.74, 6) is -0.894. The summed E-state index contributed by atoms with van der Waals surface area (Å²) in [7, 11) is 0. The second-order valence-electron chi connectivity index (χ2n) is 5.31. The molecule has 0 spiro atoms. The van der Waals surface area contributed by atoms with Crippen LogP contribution in [0.25, 0.3) is 0 Å². The minimum Gasteiger partial charge on any atom is -0.272 e. The van der Waals surface area contributed by atoms with Crippen molar-refractivity contribution in [2.24, 2.45) is 5.92 Å². The van der Waals surface area contributed by atoms with Crippen molar-refractivity contribution in [2.75, 3.05) is 10.0 Å². The molecule has 1 aliphatic rings. The quantitative estimate of drug-likeness (QED) is 0.642. The van der Waals surface area contributed by atoms with Gasteiger partial charge in [-0.25, -0.2) is 10.0 Å². The second-order valence-corrected chi connectivity index (χ2v) is 5.31. The van der Waals surface area contributed by atoms with Gasteiger partial charge in [-0.3, -0.25) is 9.59 Å². The third-order valence-corrected chi connectivity index (χ3v) is 3.79. The van der Waals surface area contributed by atoms with E-state index in [2.05, 4.69) is 0 Å². The number of amides is 2. The summed E-state index contributed by atoms with van der Waals surface area (Å²) in [5, 5.41) is 3.00. The van der Waals surface area contributed by atoms with Crippen LogP contribution in [-0.2, 0) is 9.59 Å². The van der Waals surface area contributed by atoms with Crippen molar-refractivity contribution in [1.29, 1.82) is 0 Å². The van der Waals surface area contributed by atoms with Gasteiger partial charge in [0, 0.05) is 29.6 Å². The SMILES string of the molecule is CCCC1C(=O)N(c2ccccc2)N(c2ccccc2)C1=O.[Na]. The van der Waals surface area contributed by atoms with Crippen molar-refractivity contribution < 1.29 is 9.59 Å². The van der Waals surface area contributed by atoms with E-state index in [0.29, 0.717) is 17.8 Å². The van der Waals surface area contributed by atoms with E-state index in [1.54, 1.807) is 0 Å². The fourth-order valence-electron chi connectivity index (χ4n) is 2.76. The largest absolute Gasteiger partial charge is 0.272 e. The van der Waals surface area contributed by atoms with Crippen molar-refractivity contribution in [3.63, 3.8) is 0 Å². The van der Waals surface area contributed by atoms with Gasteiger partial charge in [-0.1, -0.05) is 49.7 Å². The zero-order valence-electron chi connectivity index (χ0n) is 13.5. The molecule has 23 heavy (non-hydrogen) atoms. The van der Waals surface area contributed by atoms with E-state index in [4.69, 9.17) is 0 Å². The zero-order valence-corrected chi connectivity index (χ0v) is 15.5. The topological polar surface area (TPSA) is 40.6 Å². The van der Waals surface area contributed by atoms with Gasteiger partial charge in [0.2, 0.25) is 0 Å². The molecule has 113 valence electrons. The number of benzene rings is 2. The van der Waals surface area contributed by atoms with Gasteiger partial charge in [0.15, 0.2) is 0 Å². The van der Waals surface area contributed by atoms with Gasteiger partial charge in [-0.05, 0) is 30.7 Å². The van der Waals surface area contributed by atoms with Gasteiger partial charge in [-0.15, -0.1) is 0 Å². The first-order chi connectivity index (χ1) is 10.7. The Labute approximate surface area is 158 Å². The molecular formula is C18H18N2NaO2. The Morgan fingerprint density at radius 1 is 0.783 bits per heavy atom. The molecule has 1 radical (unpaired) electrons. The summed E-state index contributed by atoms with van der Waals surface area (Å²) in [6.07, 6.45) is 1.37. The van der Waals surface area contributed by atoms with Crippen molar-refractivity contribution in [3.05, 3.63) is 60.7 Å². The molecule has 0 bridgehead atoms. The molecule has 0 saturated carbocycles.